The third-order valence-electron chi connectivity index (χ3n) is 5.56. The maximum atomic E-state index is 13.4. The van der Waals surface area contributed by atoms with Gasteiger partial charge in [0.05, 0.1) is 12.1 Å². The molecule has 2 aromatic carbocycles. The Kier molecular flexibility index (Phi) is 5.37. The second-order valence-corrected chi connectivity index (χ2v) is 7.06. The minimum atomic E-state index is -0.0620. The van der Waals surface area contributed by atoms with E-state index in [1.165, 1.54) is 11.1 Å². The molecule has 0 aliphatic carbocycles. The standard InChI is InChI=1S/C23H27NO/c1-4-17(2)18(3)23(25)24-21(19-11-7-5-8-12-19)15-16-22(24)20-13-9-6-10-14-20/h4-14,17-18,21-22H,1,15-16H2,2-3H3/t17-,18-,21-,22-/m1/s1. The lowest BCUT2D eigenvalue weighted by molar-refractivity contribution is -0.139. The molecule has 25 heavy (non-hydrogen) atoms. The SMILES string of the molecule is C=C[C@@H](C)[C@@H](C)C(=O)N1[C@@H](c2ccccc2)CC[C@@H]1c1ccccc1. The molecule has 2 heteroatoms. The van der Waals surface area contributed by atoms with Crippen molar-refractivity contribution in [2.24, 2.45) is 11.8 Å². The average Bonchev–Trinajstić information content (AvgIpc) is 3.12. The molecule has 0 N–H and O–H groups in total. The summed E-state index contributed by atoms with van der Waals surface area (Å²) in [5.41, 5.74) is 2.46. The van der Waals surface area contributed by atoms with E-state index in [0.717, 1.165) is 12.8 Å². The van der Waals surface area contributed by atoms with E-state index in [0.29, 0.717) is 0 Å². The first-order valence-corrected chi connectivity index (χ1v) is 9.18. The molecule has 0 unspecified atom stereocenters. The first-order valence-electron chi connectivity index (χ1n) is 9.18. The van der Waals surface area contributed by atoms with Crippen LogP contribution >= 0.6 is 0 Å². The van der Waals surface area contributed by atoms with Crippen LogP contribution in [0.5, 0.6) is 0 Å². The van der Waals surface area contributed by atoms with Crippen LogP contribution < -0.4 is 0 Å². The molecule has 0 radical (unpaired) electrons. The summed E-state index contributed by atoms with van der Waals surface area (Å²) in [6.07, 6.45) is 3.89. The van der Waals surface area contributed by atoms with Crippen molar-refractivity contribution in [1.29, 1.82) is 0 Å². The lowest BCUT2D eigenvalue weighted by Crippen LogP contribution is -2.38. The van der Waals surface area contributed by atoms with Crippen molar-refractivity contribution in [2.75, 3.05) is 0 Å². The van der Waals surface area contributed by atoms with Gasteiger partial charge in [-0.15, -0.1) is 6.58 Å². The Morgan fingerprint density at radius 2 is 1.40 bits per heavy atom. The molecule has 1 amide bonds. The van der Waals surface area contributed by atoms with Gasteiger partial charge in [-0.1, -0.05) is 80.6 Å². The van der Waals surface area contributed by atoms with Gasteiger partial charge in [0.25, 0.3) is 0 Å². The molecule has 3 rings (SSSR count). The summed E-state index contributed by atoms with van der Waals surface area (Å²) in [6.45, 7) is 7.97. The van der Waals surface area contributed by atoms with Crippen molar-refractivity contribution in [3.63, 3.8) is 0 Å². The van der Waals surface area contributed by atoms with Gasteiger partial charge < -0.3 is 4.90 Å². The fourth-order valence-corrected chi connectivity index (χ4v) is 3.79. The fraction of sp³-hybridized carbons (Fsp3) is 0.348. The zero-order valence-electron chi connectivity index (χ0n) is 15.1. The first-order chi connectivity index (χ1) is 12.1. The molecule has 1 aliphatic heterocycles. The molecule has 130 valence electrons. The number of carbonyl (C=O) groups excluding carboxylic acids is 1. The highest BCUT2D eigenvalue weighted by Crippen LogP contribution is 2.45. The van der Waals surface area contributed by atoms with E-state index in [-0.39, 0.29) is 29.8 Å². The Balaban J connectivity index is 1.97. The van der Waals surface area contributed by atoms with Crippen LogP contribution in [0.3, 0.4) is 0 Å². The largest absolute Gasteiger partial charge is 0.328 e. The molecule has 2 aromatic rings. The number of likely N-dealkylation sites (tertiary alicyclic amines) is 1. The summed E-state index contributed by atoms with van der Waals surface area (Å²) in [5.74, 6) is 0.335. The predicted octanol–water partition coefficient (Wildman–Crippen LogP) is 5.55. The van der Waals surface area contributed by atoms with Crippen LogP contribution in [0.15, 0.2) is 73.3 Å². The van der Waals surface area contributed by atoms with Crippen LogP contribution in [-0.4, -0.2) is 10.8 Å². The van der Waals surface area contributed by atoms with Crippen molar-refractivity contribution in [1.82, 2.24) is 4.90 Å². The minimum Gasteiger partial charge on any atom is -0.328 e. The number of nitrogens with zero attached hydrogens (tertiary/aromatic N) is 1. The molecule has 1 aliphatic rings. The molecule has 4 atom stereocenters. The maximum absolute atomic E-state index is 13.4. The molecule has 1 fully saturated rings. The quantitative estimate of drug-likeness (QED) is 0.657. The summed E-state index contributed by atoms with van der Waals surface area (Å²) >= 11 is 0. The highest BCUT2D eigenvalue weighted by molar-refractivity contribution is 5.80. The van der Waals surface area contributed by atoms with Crippen LogP contribution in [0.2, 0.25) is 0 Å². The zero-order chi connectivity index (χ0) is 17.8. The van der Waals surface area contributed by atoms with E-state index >= 15 is 0 Å². The van der Waals surface area contributed by atoms with Crippen LogP contribution in [0.25, 0.3) is 0 Å². The van der Waals surface area contributed by atoms with E-state index in [2.05, 4.69) is 66.9 Å². The van der Waals surface area contributed by atoms with Crippen molar-refractivity contribution >= 4 is 5.91 Å². The van der Waals surface area contributed by atoms with Gasteiger partial charge in [-0.25, -0.2) is 0 Å². The molecular formula is C23H27NO. The van der Waals surface area contributed by atoms with Crippen LogP contribution in [0, 0.1) is 11.8 Å². The van der Waals surface area contributed by atoms with Gasteiger partial charge >= 0.3 is 0 Å². The van der Waals surface area contributed by atoms with Crippen molar-refractivity contribution < 1.29 is 4.79 Å². The molecule has 1 saturated heterocycles. The third kappa shape index (κ3) is 3.53. The van der Waals surface area contributed by atoms with Gasteiger partial charge in [-0.05, 0) is 29.9 Å². The van der Waals surface area contributed by atoms with E-state index in [1.54, 1.807) is 0 Å². The van der Waals surface area contributed by atoms with Gasteiger partial charge in [-0.2, -0.15) is 0 Å². The monoisotopic (exact) mass is 333 g/mol. The Labute approximate surface area is 151 Å². The Hall–Kier alpha value is -2.35. The van der Waals surface area contributed by atoms with Crippen LogP contribution in [0.1, 0.15) is 49.9 Å². The van der Waals surface area contributed by atoms with E-state index in [4.69, 9.17) is 0 Å². The smallest absolute Gasteiger partial charge is 0.227 e. The van der Waals surface area contributed by atoms with Gasteiger partial charge in [0.2, 0.25) is 5.91 Å². The molecular weight excluding hydrogens is 306 g/mol. The Morgan fingerprint density at radius 3 is 1.80 bits per heavy atom. The minimum absolute atomic E-state index is 0.0620. The lowest BCUT2D eigenvalue weighted by atomic mass is 9.93. The van der Waals surface area contributed by atoms with Crippen molar-refractivity contribution in [2.45, 2.75) is 38.8 Å². The lowest BCUT2D eigenvalue weighted by Gasteiger charge is -2.34. The summed E-state index contributed by atoms with van der Waals surface area (Å²) in [5, 5.41) is 0. The summed E-state index contributed by atoms with van der Waals surface area (Å²) in [6, 6.07) is 21.2. The van der Waals surface area contributed by atoms with Crippen LogP contribution in [0.4, 0.5) is 0 Å². The maximum Gasteiger partial charge on any atom is 0.227 e. The van der Waals surface area contributed by atoms with E-state index in [1.807, 2.05) is 25.1 Å². The number of hydrogen-bond donors (Lipinski definition) is 0. The number of allylic oxidation sites excluding steroid dienone is 1. The third-order valence-corrected chi connectivity index (χ3v) is 5.56. The molecule has 1 heterocycles. The van der Waals surface area contributed by atoms with Gasteiger partial charge in [-0.3, -0.25) is 4.79 Å². The predicted molar refractivity (Wildman–Crippen MR) is 103 cm³/mol. The van der Waals surface area contributed by atoms with E-state index in [9.17, 15) is 4.79 Å². The van der Waals surface area contributed by atoms with Crippen LogP contribution in [-0.2, 0) is 4.79 Å². The normalized spacial score (nSPS) is 22.4. The summed E-state index contributed by atoms with van der Waals surface area (Å²) in [4.78, 5) is 15.5. The number of carbonyl (C=O) groups is 1. The topological polar surface area (TPSA) is 20.3 Å². The highest BCUT2D eigenvalue weighted by atomic mass is 16.2. The summed E-state index contributed by atoms with van der Waals surface area (Å²) < 4.78 is 0. The van der Waals surface area contributed by atoms with Crippen molar-refractivity contribution in [3.05, 3.63) is 84.4 Å². The Bertz CT molecular complexity index is 662. The number of benzene rings is 2. The zero-order valence-corrected chi connectivity index (χ0v) is 15.1. The first kappa shape index (κ1) is 17.5. The van der Waals surface area contributed by atoms with Gasteiger partial charge in [0.1, 0.15) is 0 Å². The van der Waals surface area contributed by atoms with Gasteiger partial charge in [0, 0.05) is 5.92 Å². The molecule has 0 saturated carbocycles. The molecule has 0 aromatic heterocycles. The highest BCUT2D eigenvalue weighted by Gasteiger charge is 2.40. The molecule has 0 spiro atoms. The Morgan fingerprint density at radius 1 is 0.960 bits per heavy atom. The van der Waals surface area contributed by atoms with Crippen molar-refractivity contribution in [3.8, 4) is 0 Å². The second kappa shape index (κ2) is 7.69. The van der Waals surface area contributed by atoms with E-state index < -0.39 is 0 Å². The average molecular weight is 333 g/mol. The second-order valence-electron chi connectivity index (χ2n) is 7.06. The fourth-order valence-electron chi connectivity index (χ4n) is 3.79. The number of amides is 1. The summed E-state index contributed by atoms with van der Waals surface area (Å²) in [7, 11) is 0. The molecule has 2 nitrogen and oxygen atoms in total. The number of hydrogen-bond acceptors (Lipinski definition) is 1. The number of rotatable bonds is 5. The van der Waals surface area contributed by atoms with Gasteiger partial charge in [0.15, 0.2) is 0 Å². The molecule has 0 bridgehead atoms.